The first-order chi connectivity index (χ1) is 17.1. The Hall–Kier alpha value is -4.35. The van der Waals surface area contributed by atoms with Gasteiger partial charge in [-0.1, -0.05) is 48.5 Å². The van der Waals surface area contributed by atoms with Gasteiger partial charge in [-0.3, -0.25) is 10.6 Å². The predicted octanol–water partition coefficient (Wildman–Crippen LogP) is 2.00. The number of nitrogens with zero attached hydrogens (tertiary/aromatic N) is 6. The third-order valence-corrected chi connectivity index (χ3v) is 5.57. The van der Waals surface area contributed by atoms with Gasteiger partial charge in [-0.15, -0.1) is 0 Å². The van der Waals surface area contributed by atoms with Crippen LogP contribution < -0.4 is 15.7 Å². The number of rotatable bonds is 4. The Kier molecular flexibility index (Phi) is 6.33. The largest absolute Gasteiger partial charge is 0.405 e. The summed E-state index contributed by atoms with van der Waals surface area (Å²) in [5.41, 5.74) is 9.09. The van der Waals surface area contributed by atoms with E-state index in [9.17, 15) is 5.21 Å². The number of morpholine rings is 1. The molecule has 1 unspecified atom stereocenters. The topological polar surface area (TPSA) is 146 Å². The molecule has 5 rings (SSSR count). The van der Waals surface area contributed by atoms with Crippen LogP contribution in [-0.4, -0.2) is 65.4 Å². The lowest BCUT2D eigenvalue weighted by Crippen LogP contribution is -2.39. The highest BCUT2D eigenvalue weighted by Crippen LogP contribution is 2.30. The molecule has 2 aliphatic heterocycles. The van der Waals surface area contributed by atoms with Crippen LogP contribution in [0.4, 0.5) is 11.5 Å². The molecule has 1 fully saturated rings. The average Bonchev–Trinajstić information content (AvgIpc) is 2.91. The molecule has 11 nitrogen and oxygen atoms in total. The summed E-state index contributed by atoms with van der Waals surface area (Å²) < 4.78 is 10.9. The molecule has 0 aliphatic carbocycles. The maximum atomic E-state index is 10.8. The lowest BCUT2D eigenvalue weighted by molar-refractivity contribution is 0.122. The molecule has 1 atom stereocenters. The quantitative estimate of drug-likeness (QED) is 0.386. The van der Waals surface area contributed by atoms with Crippen LogP contribution >= 0.6 is 0 Å². The van der Waals surface area contributed by atoms with Crippen molar-refractivity contribution in [3.63, 3.8) is 0 Å². The van der Waals surface area contributed by atoms with Crippen LogP contribution in [-0.2, 0) is 9.47 Å². The van der Waals surface area contributed by atoms with Gasteiger partial charge in [0.1, 0.15) is 0 Å². The summed E-state index contributed by atoms with van der Waals surface area (Å²) in [6.45, 7) is 2.37. The van der Waals surface area contributed by atoms with Crippen LogP contribution in [0, 0.1) is 5.41 Å². The number of benzene rings is 2. The maximum Gasteiger partial charge on any atom is 0.292 e. The highest BCUT2D eigenvalue weighted by Gasteiger charge is 2.28. The number of amidine groups is 1. The zero-order valence-electron chi connectivity index (χ0n) is 18.8. The number of para-hydroxylation sites is 1. The number of ether oxygens (including phenoxy) is 2. The van der Waals surface area contributed by atoms with Gasteiger partial charge < -0.3 is 20.1 Å². The standard InChI is InChI=1S/C24H24N8O3/c25-21(20-22(28-11-10-27-20)31-12-14-34-15-13-31)35-23(26)30-24-29-19(16-6-2-1-3-7-16)17-8-4-5-9-18(17)32(24)33/h1-11,24-25,33H,12-15H2,(H2,26,30). The Morgan fingerprint density at radius 3 is 2.57 bits per heavy atom. The van der Waals surface area contributed by atoms with E-state index in [-0.39, 0.29) is 17.6 Å². The number of hydroxylamine groups is 1. The third kappa shape index (κ3) is 4.67. The number of nitrogens with two attached hydrogens (primary N) is 1. The van der Waals surface area contributed by atoms with Crippen molar-refractivity contribution >= 4 is 29.1 Å². The first kappa shape index (κ1) is 22.4. The van der Waals surface area contributed by atoms with Crippen molar-refractivity contribution in [2.75, 3.05) is 36.3 Å². The van der Waals surface area contributed by atoms with Crippen molar-refractivity contribution in [3.8, 4) is 0 Å². The van der Waals surface area contributed by atoms with Crippen molar-refractivity contribution in [1.29, 1.82) is 5.41 Å². The molecule has 0 spiro atoms. The van der Waals surface area contributed by atoms with E-state index >= 15 is 0 Å². The molecule has 2 aromatic carbocycles. The van der Waals surface area contributed by atoms with Gasteiger partial charge in [0.05, 0.1) is 24.6 Å². The molecular formula is C24H24N8O3. The smallest absolute Gasteiger partial charge is 0.292 e. The van der Waals surface area contributed by atoms with Crippen molar-refractivity contribution in [1.82, 2.24) is 9.97 Å². The van der Waals surface area contributed by atoms with E-state index in [0.29, 0.717) is 43.5 Å². The van der Waals surface area contributed by atoms with E-state index in [1.807, 2.05) is 53.4 Å². The summed E-state index contributed by atoms with van der Waals surface area (Å²) in [4.78, 5) is 19.4. The SMILES string of the molecule is N=C(OC(N)=NC1N=C(c2ccccc2)c2ccccc2N1O)c1nccnc1N1CCOCC1. The highest BCUT2D eigenvalue weighted by atomic mass is 16.5. The Morgan fingerprint density at radius 1 is 1.06 bits per heavy atom. The molecular weight excluding hydrogens is 448 g/mol. The van der Waals surface area contributed by atoms with Gasteiger partial charge in [0.2, 0.25) is 12.2 Å². The number of aliphatic imine (C=N–C) groups is 2. The minimum absolute atomic E-state index is 0.232. The molecule has 178 valence electrons. The number of anilines is 2. The van der Waals surface area contributed by atoms with E-state index < -0.39 is 6.29 Å². The second-order valence-electron chi connectivity index (χ2n) is 7.78. The first-order valence-electron chi connectivity index (χ1n) is 11.1. The number of fused-ring (bicyclic) bond motifs is 1. The molecule has 1 saturated heterocycles. The fourth-order valence-electron chi connectivity index (χ4n) is 3.94. The summed E-state index contributed by atoms with van der Waals surface area (Å²) in [5.74, 6) is 0.196. The van der Waals surface area contributed by atoms with Crippen LogP contribution in [0.3, 0.4) is 0 Å². The molecule has 0 saturated carbocycles. The molecule has 35 heavy (non-hydrogen) atoms. The van der Waals surface area contributed by atoms with Crippen LogP contribution in [0.15, 0.2) is 77.0 Å². The van der Waals surface area contributed by atoms with Crippen LogP contribution in [0.5, 0.6) is 0 Å². The Bertz CT molecular complexity index is 1270. The fraction of sp³-hybridized carbons (Fsp3) is 0.208. The van der Waals surface area contributed by atoms with Crippen LogP contribution in [0.1, 0.15) is 16.8 Å². The molecule has 2 aliphatic rings. The molecule has 1 aromatic heterocycles. The zero-order valence-corrected chi connectivity index (χ0v) is 18.8. The van der Waals surface area contributed by atoms with E-state index in [1.165, 1.54) is 6.20 Å². The second kappa shape index (κ2) is 9.87. The van der Waals surface area contributed by atoms with Gasteiger partial charge >= 0.3 is 0 Å². The molecule has 0 bridgehead atoms. The Labute approximate surface area is 201 Å². The normalized spacial score (nSPS) is 18.0. The van der Waals surface area contributed by atoms with Crippen molar-refractivity contribution < 1.29 is 14.7 Å². The molecule has 3 heterocycles. The third-order valence-electron chi connectivity index (χ3n) is 5.57. The van der Waals surface area contributed by atoms with E-state index in [2.05, 4.69) is 20.0 Å². The monoisotopic (exact) mass is 472 g/mol. The molecule has 11 heteroatoms. The summed E-state index contributed by atoms with van der Waals surface area (Å²) in [7, 11) is 0. The van der Waals surface area contributed by atoms with Crippen molar-refractivity contribution in [3.05, 3.63) is 83.8 Å². The van der Waals surface area contributed by atoms with Gasteiger partial charge in [-0.05, 0) is 6.07 Å². The van der Waals surface area contributed by atoms with Gasteiger partial charge in [0, 0.05) is 36.6 Å². The van der Waals surface area contributed by atoms with Crippen molar-refractivity contribution in [2.45, 2.75) is 6.29 Å². The number of nitrogens with one attached hydrogen (secondary N) is 1. The Balaban J connectivity index is 1.41. The maximum absolute atomic E-state index is 10.8. The number of aromatic nitrogens is 2. The lowest BCUT2D eigenvalue weighted by atomic mass is 9.99. The average molecular weight is 473 g/mol. The minimum atomic E-state index is -1.10. The number of hydrogen-bond acceptors (Lipinski definition) is 10. The summed E-state index contributed by atoms with van der Waals surface area (Å²) in [6, 6.07) is 16.6. The van der Waals surface area contributed by atoms with E-state index in [0.717, 1.165) is 16.2 Å². The fourth-order valence-corrected chi connectivity index (χ4v) is 3.94. The van der Waals surface area contributed by atoms with Crippen LogP contribution in [0.25, 0.3) is 0 Å². The van der Waals surface area contributed by atoms with Gasteiger partial charge in [0.15, 0.2) is 11.5 Å². The Morgan fingerprint density at radius 2 is 1.77 bits per heavy atom. The van der Waals surface area contributed by atoms with Crippen LogP contribution in [0.2, 0.25) is 0 Å². The first-order valence-corrected chi connectivity index (χ1v) is 11.1. The van der Waals surface area contributed by atoms with Crippen molar-refractivity contribution in [2.24, 2.45) is 15.7 Å². The molecule has 0 amide bonds. The summed E-state index contributed by atoms with van der Waals surface area (Å²) >= 11 is 0. The van der Waals surface area contributed by atoms with E-state index in [1.54, 1.807) is 12.3 Å². The summed E-state index contributed by atoms with van der Waals surface area (Å²) in [6.07, 6.45) is 1.93. The van der Waals surface area contributed by atoms with Gasteiger partial charge in [0.25, 0.3) is 6.02 Å². The lowest BCUT2D eigenvalue weighted by Gasteiger charge is -2.30. The minimum Gasteiger partial charge on any atom is -0.405 e. The van der Waals surface area contributed by atoms with Gasteiger partial charge in [-0.2, -0.15) is 4.99 Å². The second-order valence-corrected chi connectivity index (χ2v) is 7.78. The number of hydrogen-bond donors (Lipinski definition) is 3. The zero-order chi connectivity index (χ0) is 24.2. The predicted molar refractivity (Wildman–Crippen MR) is 131 cm³/mol. The molecule has 4 N–H and O–H groups in total. The molecule has 3 aromatic rings. The van der Waals surface area contributed by atoms with Gasteiger partial charge in [-0.25, -0.2) is 20.0 Å². The highest BCUT2D eigenvalue weighted by molar-refractivity contribution is 6.17. The molecule has 0 radical (unpaired) electrons. The summed E-state index contributed by atoms with van der Waals surface area (Å²) in [5, 5.41) is 20.2. The van der Waals surface area contributed by atoms with E-state index in [4.69, 9.17) is 20.6 Å².